The van der Waals surface area contributed by atoms with Crippen molar-refractivity contribution < 1.29 is 9.63 Å². The Labute approximate surface area is 149 Å². The monoisotopic (exact) mass is 337 g/mol. The Morgan fingerprint density at radius 2 is 2.04 bits per heavy atom. The van der Waals surface area contributed by atoms with Gasteiger partial charge in [-0.2, -0.15) is 0 Å². The smallest absolute Gasteiger partial charge is 0.162 e. The predicted molar refractivity (Wildman–Crippen MR) is 96.4 cm³/mol. The van der Waals surface area contributed by atoms with E-state index in [1.165, 1.54) is 12.0 Å². The molecule has 0 unspecified atom stereocenters. The van der Waals surface area contributed by atoms with Gasteiger partial charge in [0, 0.05) is 11.0 Å². The first-order valence-electron chi connectivity index (χ1n) is 9.76. The fourth-order valence-electron chi connectivity index (χ4n) is 7.14. The van der Waals surface area contributed by atoms with Crippen LogP contribution >= 0.6 is 0 Å². The zero-order chi connectivity index (χ0) is 17.4. The van der Waals surface area contributed by atoms with Crippen LogP contribution in [-0.2, 0) is 6.42 Å². The van der Waals surface area contributed by atoms with Gasteiger partial charge in [0.1, 0.15) is 5.60 Å². The topological polar surface area (TPSA) is 46.3 Å². The van der Waals surface area contributed by atoms with Crippen molar-refractivity contribution in [3.8, 4) is 12.3 Å². The molecule has 1 aromatic rings. The molecule has 4 aliphatic carbocycles. The molecule has 6 atom stereocenters. The number of terminal acetylenes is 1. The summed E-state index contributed by atoms with van der Waals surface area (Å²) >= 11 is 0. The lowest BCUT2D eigenvalue weighted by atomic mass is 9.46. The van der Waals surface area contributed by atoms with E-state index in [9.17, 15) is 5.11 Å². The molecule has 0 amide bonds. The van der Waals surface area contributed by atoms with Gasteiger partial charge in [0.25, 0.3) is 0 Å². The minimum atomic E-state index is -0.909. The molecule has 3 nitrogen and oxygen atoms in total. The summed E-state index contributed by atoms with van der Waals surface area (Å²) < 4.78 is 5.43. The molecule has 0 bridgehead atoms. The molecule has 3 fully saturated rings. The van der Waals surface area contributed by atoms with E-state index in [0.717, 1.165) is 44.3 Å². The molecule has 1 heterocycles. The van der Waals surface area contributed by atoms with Gasteiger partial charge in [-0.15, -0.1) is 6.42 Å². The maximum Gasteiger partial charge on any atom is 0.162 e. The van der Waals surface area contributed by atoms with Gasteiger partial charge in [0.05, 0.1) is 6.20 Å². The van der Waals surface area contributed by atoms with Crippen molar-refractivity contribution in [3.05, 3.63) is 23.1 Å². The Bertz CT molecular complexity index is 801. The molecular weight excluding hydrogens is 310 g/mol. The molecule has 3 saturated carbocycles. The Kier molecular flexibility index (Phi) is 3.01. The number of fused-ring (bicyclic) bond motifs is 6. The minimum Gasteiger partial charge on any atom is -0.377 e. The molecule has 0 spiro atoms. The van der Waals surface area contributed by atoms with Crippen LogP contribution in [0.4, 0.5) is 0 Å². The van der Waals surface area contributed by atoms with Crippen LogP contribution in [0, 0.1) is 40.9 Å². The first-order chi connectivity index (χ1) is 11.9. The summed E-state index contributed by atoms with van der Waals surface area (Å²) in [6, 6.07) is 0. The molecule has 5 rings (SSSR count). The van der Waals surface area contributed by atoms with Gasteiger partial charge in [-0.25, -0.2) is 0 Å². The highest BCUT2D eigenvalue weighted by Crippen LogP contribution is 2.67. The summed E-state index contributed by atoms with van der Waals surface area (Å²) in [7, 11) is 0. The Morgan fingerprint density at radius 3 is 2.84 bits per heavy atom. The zero-order valence-electron chi connectivity index (χ0n) is 15.2. The Balaban J connectivity index is 1.53. The van der Waals surface area contributed by atoms with Gasteiger partial charge < -0.3 is 9.63 Å². The van der Waals surface area contributed by atoms with Crippen LogP contribution in [0.15, 0.2) is 16.3 Å². The fourth-order valence-corrected chi connectivity index (χ4v) is 7.14. The van der Waals surface area contributed by atoms with E-state index >= 15 is 0 Å². The van der Waals surface area contributed by atoms with Gasteiger partial charge in [0.15, 0.2) is 5.76 Å². The van der Waals surface area contributed by atoms with Gasteiger partial charge in [0.2, 0.25) is 0 Å². The van der Waals surface area contributed by atoms with Crippen molar-refractivity contribution in [2.24, 2.45) is 28.6 Å². The number of rotatable bonds is 0. The second kappa shape index (κ2) is 4.80. The molecule has 4 aliphatic rings. The van der Waals surface area contributed by atoms with Crippen molar-refractivity contribution in [2.75, 3.05) is 0 Å². The van der Waals surface area contributed by atoms with Crippen LogP contribution in [0.1, 0.15) is 63.7 Å². The molecule has 0 aromatic carbocycles. The summed E-state index contributed by atoms with van der Waals surface area (Å²) in [5, 5.41) is 15.1. The van der Waals surface area contributed by atoms with E-state index in [1.54, 1.807) is 5.57 Å². The summed E-state index contributed by atoms with van der Waals surface area (Å²) in [5.41, 5.74) is 1.99. The average Bonchev–Trinajstić information content (AvgIpc) is 3.14. The van der Waals surface area contributed by atoms with Crippen molar-refractivity contribution in [1.29, 1.82) is 0 Å². The van der Waals surface area contributed by atoms with Crippen LogP contribution in [-0.4, -0.2) is 15.9 Å². The van der Waals surface area contributed by atoms with Crippen LogP contribution in [0.3, 0.4) is 0 Å². The molecule has 132 valence electrons. The lowest BCUT2D eigenvalue weighted by molar-refractivity contribution is -0.0975. The summed E-state index contributed by atoms with van der Waals surface area (Å²) in [4.78, 5) is 0. The van der Waals surface area contributed by atoms with Crippen LogP contribution in [0.2, 0.25) is 0 Å². The number of hydrogen-bond donors (Lipinski definition) is 1. The Hall–Kier alpha value is -1.53. The number of aromatic nitrogens is 1. The molecule has 0 aliphatic heterocycles. The average molecular weight is 337 g/mol. The summed E-state index contributed by atoms with van der Waals surface area (Å²) in [6.45, 7) is 4.71. The maximum absolute atomic E-state index is 11.1. The van der Waals surface area contributed by atoms with Crippen molar-refractivity contribution in [2.45, 2.75) is 64.4 Å². The number of aliphatic hydroxyl groups is 1. The molecule has 1 N–H and O–H groups in total. The maximum atomic E-state index is 11.1. The molecule has 0 radical (unpaired) electrons. The highest BCUT2D eigenvalue weighted by Gasteiger charge is 2.63. The third-order valence-electron chi connectivity index (χ3n) is 8.67. The van der Waals surface area contributed by atoms with Crippen molar-refractivity contribution in [1.82, 2.24) is 5.16 Å². The zero-order valence-corrected chi connectivity index (χ0v) is 15.2. The van der Waals surface area contributed by atoms with E-state index in [4.69, 9.17) is 10.9 Å². The first-order valence-corrected chi connectivity index (χ1v) is 9.76. The molecule has 1 aromatic heterocycles. The normalized spacial score (nSPS) is 47.8. The van der Waals surface area contributed by atoms with Crippen molar-refractivity contribution >= 4 is 6.08 Å². The third kappa shape index (κ3) is 1.79. The van der Waals surface area contributed by atoms with E-state index < -0.39 is 5.60 Å². The first kappa shape index (κ1) is 15.7. The van der Waals surface area contributed by atoms with E-state index in [0.29, 0.717) is 17.8 Å². The second-order valence-corrected chi connectivity index (χ2v) is 9.39. The molecule has 0 saturated heterocycles. The van der Waals surface area contributed by atoms with E-state index in [2.05, 4.69) is 31.0 Å². The van der Waals surface area contributed by atoms with Crippen molar-refractivity contribution in [3.63, 3.8) is 0 Å². The quantitative estimate of drug-likeness (QED) is 0.721. The highest BCUT2D eigenvalue weighted by atomic mass is 16.5. The second-order valence-electron chi connectivity index (χ2n) is 9.39. The van der Waals surface area contributed by atoms with Crippen LogP contribution in [0.25, 0.3) is 6.08 Å². The SMILES string of the molecule is C#C[C@@]1(O)CC[C@H]2[C@H]3CCC4=Cc5oncc5C[C@]4(C)[C@H]3CC[C@@]21C. The number of nitrogens with zero attached hydrogens (tertiary/aromatic N) is 1. The van der Waals surface area contributed by atoms with Crippen LogP contribution < -0.4 is 0 Å². The molecular formula is C22H27NO2. The number of hydrogen-bond acceptors (Lipinski definition) is 3. The van der Waals surface area contributed by atoms with Gasteiger partial charge in [-0.3, -0.25) is 0 Å². The third-order valence-corrected chi connectivity index (χ3v) is 8.67. The highest BCUT2D eigenvalue weighted by molar-refractivity contribution is 5.57. The van der Waals surface area contributed by atoms with Gasteiger partial charge in [-0.05, 0) is 74.2 Å². The lowest BCUT2D eigenvalue weighted by Gasteiger charge is -2.58. The molecule has 3 heteroatoms. The predicted octanol–water partition coefficient (Wildman–Crippen LogP) is 4.22. The molecule has 25 heavy (non-hydrogen) atoms. The largest absolute Gasteiger partial charge is 0.377 e. The van der Waals surface area contributed by atoms with Gasteiger partial charge >= 0.3 is 0 Å². The summed E-state index contributed by atoms with van der Waals surface area (Å²) in [6.07, 6.45) is 17.4. The minimum absolute atomic E-state index is 0.114. The van der Waals surface area contributed by atoms with Gasteiger partial charge in [-0.1, -0.05) is 30.5 Å². The van der Waals surface area contributed by atoms with Crippen LogP contribution in [0.5, 0.6) is 0 Å². The standard InChI is InChI=1S/C22H27NO2/c1-4-22(24)10-8-18-16-6-5-15-11-19-14(13-23-25-19)12-20(15,2)17(16)7-9-21(18,22)3/h1,11,13,16-18,24H,5-10,12H2,2-3H3/t16-,17-,18-,20-,21-,22+/m0/s1. The lowest BCUT2D eigenvalue weighted by Crippen LogP contribution is -2.54. The Morgan fingerprint density at radius 1 is 1.24 bits per heavy atom. The van der Waals surface area contributed by atoms with E-state index in [1.807, 2.05) is 6.20 Å². The fraction of sp³-hybridized carbons (Fsp3) is 0.682. The number of allylic oxidation sites excluding steroid dienone is 1. The van der Waals surface area contributed by atoms with E-state index in [-0.39, 0.29) is 10.8 Å². The summed E-state index contributed by atoms with van der Waals surface area (Å²) in [5.74, 6) is 5.64.